The van der Waals surface area contributed by atoms with E-state index in [0.717, 1.165) is 19.4 Å². The first-order chi connectivity index (χ1) is 7.72. The van der Waals surface area contributed by atoms with Gasteiger partial charge in [0.2, 0.25) is 5.91 Å². The molecule has 2 unspecified atom stereocenters. The van der Waals surface area contributed by atoms with Gasteiger partial charge in [-0.2, -0.15) is 0 Å². The molecule has 1 rings (SSSR count). The average molecular weight is 222 g/mol. The number of nitrogens with zero attached hydrogens (tertiary/aromatic N) is 1. The molecule has 1 aliphatic rings. The van der Waals surface area contributed by atoms with Gasteiger partial charge in [0.1, 0.15) is 0 Å². The van der Waals surface area contributed by atoms with Crippen molar-refractivity contribution in [2.45, 2.75) is 39.2 Å². The van der Waals surface area contributed by atoms with Gasteiger partial charge in [0.05, 0.1) is 12.6 Å². The molecule has 0 aromatic heterocycles. The number of terminal acetylenes is 1. The molecule has 1 aliphatic heterocycles. The van der Waals surface area contributed by atoms with Crippen molar-refractivity contribution in [1.82, 2.24) is 10.2 Å². The van der Waals surface area contributed by atoms with Crippen molar-refractivity contribution in [3.8, 4) is 12.3 Å². The minimum Gasteiger partial charge on any atom is -0.330 e. The van der Waals surface area contributed by atoms with Crippen LogP contribution in [0.1, 0.15) is 33.1 Å². The van der Waals surface area contributed by atoms with E-state index in [4.69, 9.17) is 6.42 Å². The number of carbonyl (C=O) groups is 1. The molecule has 16 heavy (non-hydrogen) atoms. The molecular formula is C13H22N2O. The van der Waals surface area contributed by atoms with Crippen LogP contribution in [-0.2, 0) is 4.79 Å². The highest BCUT2D eigenvalue weighted by Gasteiger charge is 2.28. The first kappa shape index (κ1) is 13.1. The molecule has 0 aromatic carbocycles. The van der Waals surface area contributed by atoms with Crippen molar-refractivity contribution < 1.29 is 4.79 Å². The molecule has 90 valence electrons. The third kappa shape index (κ3) is 3.24. The number of hydrogen-bond donors (Lipinski definition) is 1. The standard InChI is InChI=1S/C13H22N2O/c1-4-9-15(6-3)13(16)12-10-11(5-2)7-8-14-12/h1,11-12,14H,5-10H2,2-3H3. The maximum atomic E-state index is 12.1. The number of hydrogen-bond acceptors (Lipinski definition) is 2. The molecule has 0 radical (unpaired) electrons. The van der Waals surface area contributed by atoms with Gasteiger partial charge in [-0.25, -0.2) is 0 Å². The summed E-state index contributed by atoms with van der Waals surface area (Å²) in [5.41, 5.74) is 0. The number of carbonyl (C=O) groups excluding carboxylic acids is 1. The normalized spacial score (nSPS) is 24.8. The average Bonchev–Trinajstić information content (AvgIpc) is 2.35. The van der Waals surface area contributed by atoms with Crippen LogP contribution in [0.2, 0.25) is 0 Å². The highest BCUT2D eigenvalue weighted by molar-refractivity contribution is 5.82. The van der Waals surface area contributed by atoms with Gasteiger partial charge in [-0.15, -0.1) is 6.42 Å². The summed E-state index contributed by atoms with van der Waals surface area (Å²) >= 11 is 0. The van der Waals surface area contributed by atoms with Crippen LogP contribution in [0.25, 0.3) is 0 Å². The predicted octanol–water partition coefficient (Wildman–Crippen LogP) is 1.25. The van der Waals surface area contributed by atoms with Gasteiger partial charge in [-0.05, 0) is 32.2 Å². The zero-order chi connectivity index (χ0) is 12.0. The first-order valence-corrected chi connectivity index (χ1v) is 6.18. The Morgan fingerprint density at radius 2 is 2.31 bits per heavy atom. The lowest BCUT2D eigenvalue weighted by Crippen LogP contribution is -2.50. The van der Waals surface area contributed by atoms with Crippen molar-refractivity contribution in [3.63, 3.8) is 0 Å². The number of likely N-dealkylation sites (N-methyl/N-ethyl adjacent to an activating group) is 1. The fraction of sp³-hybridized carbons (Fsp3) is 0.769. The molecule has 3 heteroatoms. The maximum absolute atomic E-state index is 12.1. The Balaban J connectivity index is 2.55. The van der Waals surface area contributed by atoms with Crippen molar-refractivity contribution in [1.29, 1.82) is 0 Å². The van der Waals surface area contributed by atoms with Crippen LogP contribution in [0.5, 0.6) is 0 Å². The number of nitrogens with one attached hydrogen (secondary N) is 1. The summed E-state index contributed by atoms with van der Waals surface area (Å²) in [6.45, 7) is 6.22. The second-order valence-electron chi connectivity index (χ2n) is 4.36. The van der Waals surface area contributed by atoms with E-state index in [1.54, 1.807) is 4.90 Å². The van der Waals surface area contributed by atoms with Gasteiger partial charge in [-0.1, -0.05) is 19.3 Å². The Kier molecular flexibility index (Phi) is 5.34. The molecule has 0 aromatic rings. The quantitative estimate of drug-likeness (QED) is 0.726. The van der Waals surface area contributed by atoms with Gasteiger partial charge < -0.3 is 10.2 Å². The van der Waals surface area contributed by atoms with Crippen LogP contribution in [0.4, 0.5) is 0 Å². The van der Waals surface area contributed by atoms with Gasteiger partial charge in [-0.3, -0.25) is 4.79 Å². The Labute approximate surface area is 98.6 Å². The summed E-state index contributed by atoms with van der Waals surface area (Å²) in [6.07, 6.45) is 8.56. The molecule has 1 heterocycles. The van der Waals surface area contributed by atoms with Crippen LogP contribution in [0.15, 0.2) is 0 Å². The molecule has 1 fully saturated rings. The third-order valence-electron chi connectivity index (χ3n) is 3.36. The minimum atomic E-state index is -0.0213. The minimum absolute atomic E-state index is 0.0213. The largest absolute Gasteiger partial charge is 0.330 e. The van der Waals surface area contributed by atoms with Crippen LogP contribution < -0.4 is 5.32 Å². The summed E-state index contributed by atoms with van der Waals surface area (Å²) in [7, 11) is 0. The summed E-state index contributed by atoms with van der Waals surface area (Å²) < 4.78 is 0. The van der Waals surface area contributed by atoms with Gasteiger partial charge in [0.25, 0.3) is 0 Å². The van der Waals surface area contributed by atoms with Crippen LogP contribution in [0, 0.1) is 18.3 Å². The fourth-order valence-electron chi connectivity index (χ4n) is 2.23. The van der Waals surface area contributed by atoms with E-state index in [1.165, 1.54) is 6.42 Å². The second-order valence-corrected chi connectivity index (χ2v) is 4.36. The summed E-state index contributed by atoms with van der Waals surface area (Å²) in [5, 5.41) is 3.30. The van der Waals surface area contributed by atoms with E-state index in [2.05, 4.69) is 18.2 Å². The topological polar surface area (TPSA) is 32.3 Å². The number of rotatable bonds is 4. The summed E-state index contributed by atoms with van der Waals surface area (Å²) in [5.74, 6) is 3.39. The Morgan fingerprint density at radius 3 is 2.88 bits per heavy atom. The van der Waals surface area contributed by atoms with E-state index >= 15 is 0 Å². The van der Waals surface area contributed by atoms with Gasteiger partial charge >= 0.3 is 0 Å². The van der Waals surface area contributed by atoms with E-state index in [9.17, 15) is 4.79 Å². The zero-order valence-electron chi connectivity index (χ0n) is 10.3. The highest BCUT2D eigenvalue weighted by Crippen LogP contribution is 2.20. The molecule has 1 N–H and O–H groups in total. The smallest absolute Gasteiger partial charge is 0.240 e. The van der Waals surface area contributed by atoms with Crippen molar-refractivity contribution >= 4 is 5.91 Å². The van der Waals surface area contributed by atoms with E-state index < -0.39 is 0 Å². The van der Waals surface area contributed by atoms with Crippen LogP contribution in [-0.4, -0.2) is 36.5 Å². The van der Waals surface area contributed by atoms with E-state index in [-0.39, 0.29) is 11.9 Å². The van der Waals surface area contributed by atoms with Crippen molar-refractivity contribution in [2.75, 3.05) is 19.6 Å². The van der Waals surface area contributed by atoms with Crippen LogP contribution >= 0.6 is 0 Å². The lowest BCUT2D eigenvalue weighted by atomic mass is 9.90. The fourth-order valence-corrected chi connectivity index (χ4v) is 2.23. The highest BCUT2D eigenvalue weighted by atomic mass is 16.2. The molecule has 2 atom stereocenters. The third-order valence-corrected chi connectivity index (χ3v) is 3.36. The molecule has 0 bridgehead atoms. The SMILES string of the molecule is C#CCN(CC)C(=O)C1CC(CC)CCN1. The molecule has 0 aliphatic carbocycles. The Morgan fingerprint density at radius 1 is 1.56 bits per heavy atom. The first-order valence-electron chi connectivity index (χ1n) is 6.18. The lowest BCUT2D eigenvalue weighted by Gasteiger charge is -2.32. The van der Waals surface area contributed by atoms with Crippen molar-refractivity contribution in [2.24, 2.45) is 5.92 Å². The molecule has 3 nitrogen and oxygen atoms in total. The molecule has 1 saturated heterocycles. The lowest BCUT2D eigenvalue weighted by molar-refractivity contribution is -0.133. The Bertz CT molecular complexity index is 270. The maximum Gasteiger partial charge on any atom is 0.240 e. The van der Waals surface area contributed by atoms with Gasteiger partial charge in [0, 0.05) is 6.54 Å². The predicted molar refractivity (Wildman–Crippen MR) is 65.9 cm³/mol. The molecular weight excluding hydrogens is 200 g/mol. The zero-order valence-corrected chi connectivity index (χ0v) is 10.3. The monoisotopic (exact) mass is 222 g/mol. The van der Waals surface area contributed by atoms with E-state index in [1.807, 2.05) is 6.92 Å². The molecule has 0 saturated carbocycles. The van der Waals surface area contributed by atoms with Crippen LogP contribution in [0.3, 0.4) is 0 Å². The number of piperidine rings is 1. The summed E-state index contributed by atoms with van der Waals surface area (Å²) in [6, 6.07) is -0.0213. The number of amides is 1. The summed E-state index contributed by atoms with van der Waals surface area (Å²) in [4.78, 5) is 13.9. The van der Waals surface area contributed by atoms with Crippen molar-refractivity contribution in [3.05, 3.63) is 0 Å². The Hall–Kier alpha value is -1.01. The van der Waals surface area contributed by atoms with Gasteiger partial charge in [0.15, 0.2) is 0 Å². The molecule has 1 amide bonds. The second kappa shape index (κ2) is 6.55. The molecule has 0 spiro atoms. The van der Waals surface area contributed by atoms with E-state index in [0.29, 0.717) is 19.0 Å².